The number of carbonyl (C=O) groups excluding carboxylic acids is 1. The van der Waals surface area contributed by atoms with Crippen molar-refractivity contribution in [3.8, 4) is 0 Å². The van der Waals surface area contributed by atoms with Crippen LogP contribution in [0.25, 0.3) is 0 Å². The zero-order chi connectivity index (χ0) is 22.5. The molecule has 0 spiro atoms. The molecule has 0 bridgehead atoms. The summed E-state index contributed by atoms with van der Waals surface area (Å²) in [5.74, 6) is -1.25. The van der Waals surface area contributed by atoms with E-state index in [4.69, 9.17) is 9.66 Å². The summed E-state index contributed by atoms with van der Waals surface area (Å²) in [7, 11) is -7.65. The van der Waals surface area contributed by atoms with Crippen molar-refractivity contribution in [2.24, 2.45) is 15.3 Å². The van der Waals surface area contributed by atoms with Gasteiger partial charge in [-0.2, -0.15) is 4.76 Å². The second-order valence-corrected chi connectivity index (χ2v) is 11.8. The highest BCUT2D eigenvalue weighted by Crippen LogP contribution is 2.52. The number of primary sulfonamides is 1. The van der Waals surface area contributed by atoms with Gasteiger partial charge >= 0.3 is 7.52 Å². The first-order chi connectivity index (χ1) is 13.7. The maximum Gasteiger partial charge on any atom is 0.348 e. The van der Waals surface area contributed by atoms with Gasteiger partial charge in [0.2, 0.25) is 10.0 Å². The zero-order valence-electron chi connectivity index (χ0n) is 17.1. The van der Waals surface area contributed by atoms with Gasteiger partial charge in [0.05, 0.1) is 29.4 Å². The van der Waals surface area contributed by atoms with Crippen LogP contribution in [-0.2, 0) is 29.7 Å². The van der Waals surface area contributed by atoms with Crippen LogP contribution in [0, 0.1) is 5.41 Å². The van der Waals surface area contributed by atoms with Crippen LogP contribution >= 0.6 is 7.52 Å². The Bertz CT molecular complexity index is 1120. The molecule has 0 aliphatic carbocycles. The highest BCUT2D eigenvalue weighted by molar-refractivity contribution is 7.88. The van der Waals surface area contributed by atoms with E-state index in [1.54, 1.807) is 6.92 Å². The lowest BCUT2D eigenvalue weighted by Gasteiger charge is -2.27. The second-order valence-electron chi connectivity index (χ2n) is 8.20. The molecule has 10 nitrogen and oxygen atoms in total. The van der Waals surface area contributed by atoms with Crippen molar-refractivity contribution >= 4 is 40.3 Å². The number of amides is 1. The van der Waals surface area contributed by atoms with E-state index in [0.29, 0.717) is 11.3 Å². The average Bonchev–Trinajstić information content (AvgIpc) is 2.89. The van der Waals surface area contributed by atoms with Gasteiger partial charge in [-0.15, -0.1) is 0 Å². The van der Waals surface area contributed by atoms with Gasteiger partial charge in [-0.25, -0.2) is 13.6 Å². The van der Waals surface area contributed by atoms with Gasteiger partial charge in [-0.3, -0.25) is 9.36 Å². The molecule has 12 heteroatoms. The van der Waals surface area contributed by atoms with E-state index in [2.05, 4.69) is 15.4 Å². The van der Waals surface area contributed by atoms with Gasteiger partial charge < -0.3 is 20.3 Å². The molecule has 2 atom stereocenters. The van der Waals surface area contributed by atoms with Gasteiger partial charge in [-0.1, -0.05) is 26.8 Å². The maximum atomic E-state index is 13.6. The Morgan fingerprint density at radius 2 is 2.00 bits per heavy atom. The first kappa shape index (κ1) is 22.5. The predicted octanol–water partition coefficient (Wildman–Crippen LogP) is 1.51. The summed E-state index contributed by atoms with van der Waals surface area (Å²) >= 11 is 0. The predicted molar refractivity (Wildman–Crippen MR) is 114 cm³/mol. The van der Waals surface area contributed by atoms with Crippen LogP contribution in [0.1, 0.15) is 33.3 Å². The molecule has 1 amide bonds. The molecule has 164 valence electrons. The largest absolute Gasteiger partial charge is 0.509 e. The minimum Gasteiger partial charge on any atom is -0.509 e. The number of sulfonamides is 1. The number of nitrogens with zero attached hydrogens (tertiary/aromatic N) is 1. The molecule has 0 saturated heterocycles. The third-order valence-corrected chi connectivity index (χ3v) is 7.44. The number of rotatable bonds is 5. The van der Waals surface area contributed by atoms with E-state index >= 15 is 0 Å². The van der Waals surface area contributed by atoms with E-state index in [1.165, 1.54) is 18.2 Å². The Morgan fingerprint density at radius 3 is 2.53 bits per heavy atom. The number of aliphatic hydroxyl groups is 1. The third-order valence-electron chi connectivity index (χ3n) is 4.66. The number of benzene rings is 1. The van der Waals surface area contributed by atoms with E-state index in [9.17, 15) is 22.9 Å². The van der Waals surface area contributed by atoms with Crippen molar-refractivity contribution in [1.29, 1.82) is 0 Å². The fourth-order valence-electron chi connectivity index (χ4n) is 3.35. The molecule has 2 heterocycles. The average molecular weight is 456 g/mol. The van der Waals surface area contributed by atoms with E-state index < -0.39 is 40.7 Å². The molecule has 2 aliphatic heterocycles. The molecule has 0 radical (unpaired) electrons. The number of hydrogen-bond donors (Lipinski definition) is 4. The number of amidine groups is 1. The molecule has 30 heavy (non-hydrogen) atoms. The molecule has 1 aromatic rings. The molecule has 0 fully saturated rings. The van der Waals surface area contributed by atoms with Crippen LogP contribution in [0.5, 0.6) is 0 Å². The Hall–Kier alpha value is -2.20. The Kier molecular flexibility index (Phi) is 5.61. The number of carbonyl (C=O) groups is 1. The number of hydrogen-bond acceptors (Lipinski definition) is 7. The van der Waals surface area contributed by atoms with Crippen LogP contribution in [-0.4, -0.2) is 37.9 Å². The number of fused-ring (bicyclic) bond motifs is 1. The molecule has 3 rings (SSSR count). The topological polar surface area (TPSA) is 160 Å². The van der Waals surface area contributed by atoms with E-state index in [1.807, 2.05) is 20.8 Å². The molecule has 2 aliphatic rings. The number of anilines is 1. The Balaban J connectivity index is 2.11. The van der Waals surface area contributed by atoms with Crippen molar-refractivity contribution < 1.29 is 27.4 Å². The molecule has 5 N–H and O–H groups in total. The molecule has 1 unspecified atom stereocenters. The minimum atomic E-state index is -3.85. The Morgan fingerprint density at radius 1 is 1.33 bits per heavy atom. The lowest BCUT2D eigenvalue weighted by atomic mass is 9.86. The van der Waals surface area contributed by atoms with Crippen LogP contribution in [0.2, 0.25) is 0 Å². The van der Waals surface area contributed by atoms with Gasteiger partial charge in [-0.05, 0) is 30.0 Å². The van der Waals surface area contributed by atoms with Crippen LogP contribution in [0.15, 0.2) is 34.3 Å². The molecule has 0 aromatic heterocycles. The number of nitrogens with one attached hydrogen (secondary N) is 2. The van der Waals surface area contributed by atoms with Gasteiger partial charge in [0.25, 0.3) is 5.91 Å². The highest BCUT2D eigenvalue weighted by atomic mass is 32.2. The van der Waals surface area contributed by atoms with Crippen molar-refractivity contribution in [1.82, 2.24) is 5.32 Å². The van der Waals surface area contributed by atoms with E-state index in [0.717, 1.165) is 0 Å². The van der Waals surface area contributed by atoms with Crippen molar-refractivity contribution in [3.05, 3.63) is 35.1 Å². The lowest BCUT2D eigenvalue weighted by Crippen LogP contribution is -2.39. The summed E-state index contributed by atoms with van der Waals surface area (Å²) in [5.41, 5.74) is 0.0994. The summed E-state index contributed by atoms with van der Waals surface area (Å²) < 4.78 is 46.0. The van der Waals surface area contributed by atoms with Gasteiger partial charge in [0, 0.05) is 0 Å². The van der Waals surface area contributed by atoms with Gasteiger partial charge in [0.15, 0.2) is 5.84 Å². The summed E-state index contributed by atoms with van der Waals surface area (Å²) in [6.07, 6.45) is 0. The standard InChI is InChI=1S/C18H25N4O6PS/c1-5-28-29(25)12-8-10(9-30(19,26)27)6-7-11(12)20-16(22-29)13-14(23)15(18(2,3)4)21-17(13)24/h6-8,15,23H,5,9H2,1-4H3,(H,21,24)(H2,19,26,27)(H,20,22,25)/t15-,29?/m1/s1. The van der Waals surface area contributed by atoms with Crippen LogP contribution in [0.3, 0.4) is 0 Å². The highest BCUT2D eigenvalue weighted by Gasteiger charge is 2.43. The fraction of sp³-hybridized carbons (Fsp3) is 0.444. The summed E-state index contributed by atoms with van der Waals surface area (Å²) in [4.78, 5) is 12.6. The van der Waals surface area contributed by atoms with Crippen molar-refractivity contribution in [2.75, 3.05) is 11.9 Å². The molecular formula is C18H25N4O6PS. The van der Waals surface area contributed by atoms with Crippen molar-refractivity contribution in [2.45, 2.75) is 39.5 Å². The van der Waals surface area contributed by atoms with Crippen LogP contribution < -0.4 is 21.1 Å². The second kappa shape index (κ2) is 7.49. The quantitative estimate of drug-likeness (QED) is 0.489. The monoisotopic (exact) mass is 456 g/mol. The first-order valence-electron chi connectivity index (χ1n) is 9.25. The van der Waals surface area contributed by atoms with Crippen LogP contribution in [0.4, 0.5) is 5.69 Å². The first-order valence-corrected chi connectivity index (χ1v) is 12.5. The maximum absolute atomic E-state index is 13.6. The Labute approximate surface area is 175 Å². The van der Waals surface area contributed by atoms with E-state index in [-0.39, 0.29) is 29.1 Å². The smallest absolute Gasteiger partial charge is 0.348 e. The number of aliphatic hydroxyl groups excluding tert-OH is 1. The summed E-state index contributed by atoms with van der Waals surface area (Å²) in [5, 5.41) is 21.6. The molecule has 0 saturated carbocycles. The fourth-order valence-corrected chi connectivity index (χ4v) is 5.83. The summed E-state index contributed by atoms with van der Waals surface area (Å²) in [6, 6.07) is 3.80. The third kappa shape index (κ3) is 4.29. The SMILES string of the molecule is CCOP1(=O)N=C(C2=C(O)[C@H](C(C)(C)C)NC2=O)Nc2ccc(CS(N)(=O)=O)cc21. The normalized spacial score (nSPS) is 24.2. The number of nitrogens with two attached hydrogens (primary N) is 1. The van der Waals surface area contributed by atoms with Gasteiger partial charge in [0.1, 0.15) is 11.3 Å². The van der Waals surface area contributed by atoms with Crippen molar-refractivity contribution in [3.63, 3.8) is 0 Å². The zero-order valence-corrected chi connectivity index (χ0v) is 18.8. The minimum absolute atomic E-state index is 0.0642. The lowest BCUT2D eigenvalue weighted by molar-refractivity contribution is -0.117. The molecule has 1 aromatic carbocycles. The molecular weight excluding hydrogens is 431 g/mol. The summed E-state index contributed by atoms with van der Waals surface area (Å²) in [6.45, 7) is 7.29.